The van der Waals surface area contributed by atoms with Crippen molar-refractivity contribution in [2.24, 2.45) is 5.92 Å². The predicted octanol–water partition coefficient (Wildman–Crippen LogP) is 3.98. The molecule has 1 amide bonds. The Labute approximate surface area is 199 Å². The monoisotopic (exact) mass is 494 g/mol. The molecule has 9 heteroatoms. The summed E-state index contributed by atoms with van der Waals surface area (Å²) in [7, 11) is -1.94. The van der Waals surface area contributed by atoms with Gasteiger partial charge in [-0.15, -0.1) is 11.3 Å². The van der Waals surface area contributed by atoms with Crippen molar-refractivity contribution in [2.45, 2.75) is 30.6 Å². The molecule has 174 valence electrons. The quantitative estimate of drug-likeness (QED) is 0.583. The minimum absolute atomic E-state index is 0.140. The summed E-state index contributed by atoms with van der Waals surface area (Å²) in [5, 5.41) is 1.72. The van der Waals surface area contributed by atoms with Crippen molar-refractivity contribution in [3.63, 3.8) is 0 Å². The first kappa shape index (κ1) is 23.6. The lowest BCUT2D eigenvalue weighted by molar-refractivity contribution is 0.0688. The van der Waals surface area contributed by atoms with Gasteiger partial charge in [0.25, 0.3) is 5.91 Å². The van der Waals surface area contributed by atoms with Crippen molar-refractivity contribution in [2.75, 3.05) is 44.8 Å². The summed E-state index contributed by atoms with van der Waals surface area (Å²) in [4.78, 5) is 15.6. The van der Waals surface area contributed by atoms with Gasteiger partial charge < -0.3 is 9.64 Å². The molecule has 1 aromatic carbocycles. The van der Waals surface area contributed by atoms with Gasteiger partial charge in [0.05, 0.1) is 7.11 Å². The highest BCUT2D eigenvalue weighted by molar-refractivity contribution is 7.99. The normalized spacial score (nSPS) is 18.6. The fourth-order valence-corrected chi connectivity index (χ4v) is 8.25. The average Bonchev–Trinajstić information content (AvgIpc) is 3.34. The fourth-order valence-electron chi connectivity index (χ4n) is 4.31. The minimum atomic E-state index is -3.61. The molecule has 2 aliphatic heterocycles. The molecule has 0 radical (unpaired) electrons. The molecule has 2 aromatic rings. The third-order valence-corrected chi connectivity index (χ3v) is 10.2. The lowest BCUT2D eigenvalue weighted by Crippen LogP contribution is -2.40. The first-order valence-corrected chi connectivity index (χ1v) is 14.5. The van der Waals surface area contributed by atoms with Gasteiger partial charge in [0.15, 0.2) is 0 Å². The number of likely N-dealkylation sites (tertiary alicyclic amines) is 1. The van der Waals surface area contributed by atoms with Crippen molar-refractivity contribution in [3.8, 4) is 5.75 Å². The Morgan fingerprint density at radius 3 is 2.41 bits per heavy atom. The third kappa shape index (κ3) is 5.32. The van der Waals surface area contributed by atoms with Gasteiger partial charge in [-0.1, -0.05) is 12.1 Å². The number of benzene rings is 1. The first-order valence-electron chi connectivity index (χ1n) is 11.1. The maximum Gasteiger partial charge on any atom is 0.265 e. The van der Waals surface area contributed by atoms with Gasteiger partial charge in [-0.25, -0.2) is 8.42 Å². The van der Waals surface area contributed by atoms with Crippen LogP contribution in [0.2, 0.25) is 0 Å². The fraction of sp³-hybridized carbons (Fsp3) is 0.522. The zero-order valence-electron chi connectivity index (χ0n) is 18.4. The molecular formula is C23H30N2O4S3. The number of hydrogen-bond acceptors (Lipinski definition) is 6. The molecule has 3 heterocycles. The van der Waals surface area contributed by atoms with E-state index in [1.807, 2.05) is 17.0 Å². The number of thiophene rings is 1. The zero-order valence-corrected chi connectivity index (χ0v) is 20.8. The molecule has 4 rings (SSSR count). The Kier molecular flexibility index (Phi) is 7.81. The van der Waals surface area contributed by atoms with Crippen LogP contribution in [-0.4, -0.2) is 68.3 Å². The lowest BCUT2D eigenvalue weighted by Gasteiger charge is -2.32. The standard InChI is InChI=1S/C23H30N2O4S3/c1-29-20-6-4-18(5-7-20)2-3-19-8-11-24(12-9-19)23(26)22-21(10-15-31-22)32(27,28)25-13-16-30-17-14-25/h4-7,10,15,19H,2-3,8-9,11-14,16-17H2,1H3. The SMILES string of the molecule is COc1ccc(CCC2CCN(C(=O)c3sccc3S(=O)(=O)N3CCSCC3)CC2)cc1. The van der Waals surface area contributed by atoms with Gasteiger partial charge in [0.2, 0.25) is 10.0 Å². The number of piperidine rings is 1. The molecule has 0 unspecified atom stereocenters. The van der Waals surface area contributed by atoms with Crippen LogP contribution < -0.4 is 4.74 Å². The highest BCUT2D eigenvalue weighted by Gasteiger charge is 2.33. The molecule has 0 saturated carbocycles. The number of methoxy groups -OCH3 is 1. The van der Waals surface area contributed by atoms with Crippen LogP contribution in [0, 0.1) is 5.92 Å². The smallest absolute Gasteiger partial charge is 0.265 e. The van der Waals surface area contributed by atoms with E-state index < -0.39 is 10.0 Å². The number of aryl methyl sites for hydroxylation is 1. The van der Waals surface area contributed by atoms with Crippen molar-refractivity contribution >= 4 is 39.0 Å². The Morgan fingerprint density at radius 2 is 1.75 bits per heavy atom. The van der Waals surface area contributed by atoms with Crippen molar-refractivity contribution in [3.05, 3.63) is 46.2 Å². The predicted molar refractivity (Wildman–Crippen MR) is 130 cm³/mol. The topological polar surface area (TPSA) is 66.9 Å². The number of amides is 1. The van der Waals surface area contributed by atoms with E-state index in [4.69, 9.17) is 4.74 Å². The largest absolute Gasteiger partial charge is 0.497 e. The van der Waals surface area contributed by atoms with E-state index in [0.29, 0.717) is 37.0 Å². The summed E-state index contributed by atoms with van der Waals surface area (Å²) >= 11 is 3.01. The van der Waals surface area contributed by atoms with Gasteiger partial charge in [0, 0.05) is 37.7 Å². The molecule has 0 atom stereocenters. The maximum atomic E-state index is 13.2. The molecule has 0 N–H and O–H groups in total. The Balaban J connectivity index is 1.33. The van der Waals surface area contributed by atoms with Crippen LogP contribution in [0.25, 0.3) is 0 Å². The van der Waals surface area contributed by atoms with Crippen LogP contribution in [0.3, 0.4) is 0 Å². The molecule has 1 aromatic heterocycles. The maximum absolute atomic E-state index is 13.2. The van der Waals surface area contributed by atoms with E-state index in [1.54, 1.807) is 30.3 Å². The van der Waals surface area contributed by atoms with E-state index in [-0.39, 0.29) is 10.8 Å². The second kappa shape index (κ2) is 10.6. The van der Waals surface area contributed by atoms with Crippen molar-refractivity contribution in [1.82, 2.24) is 9.21 Å². The van der Waals surface area contributed by atoms with E-state index in [0.717, 1.165) is 42.9 Å². The van der Waals surface area contributed by atoms with Gasteiger partial charge in [-0.3, -0.25) is 4.79 Å². The number of thioether (sulfide) groups is 1. The van der Waals surface area contributed by atoms with E-state index >= 15 is 0 Å². The highest BCUT2D eigenvalue weighted by Crippen LogP contribution is 2.30. The molecule has 2 saturated heterocycles. The number of sulfonamides is 1. The van der Waals surface area contributed by atoms with E-state index in [1.165, 1.54) is 21.2 Å². The number of hydrogen-bond donors (Lipinski definition) is 0. The summed E-state index contributed by atoms with van der Waals surface area (Å²) in [6, 6.07) is 9.79. The highest BCUT2D eigenvalue weighted by atomic mass is 32.2. The third-order valence-electron chi connectivity index (χ3n) is 6.31. The van der Waals surface area contributed by atoms with Gasteiger partial charge in [-0.2, -0.15) is 16.1 Å². The van der Waals surface area contributed by atoms with Gasteiger partial charge in [-0.05, 0) is 60.7 Å². The van der Waals surface area contributed by atoms with Crippen LogP contribution in [0.5, 0.6) is 5.75 Å². The summed E-state index contributed by atoms with van der Waals surface area (Å²) in [6.07, 6.45) is 4.03. The van der Waals surface area contributed by atoms with Crippen LogP contribution >= 0.6 is 23.1 Å². The average molecular weight is 495 g/mol. The Hall–Kier alpha value is -1.55. The van der Waals surface area contributed by atoms with Crippen LogP contribution in [0.1, 0.15) is 34.5 Å². The van der Waals surface area contributed by atoms with Crippen molar-refractivity contribution in [1.29, 1.82) is 0 Å². The number of rotatable bonds is 7. The molecule has 32 heavy (non-hydrogen) atoms. The second-order valence-electron chi connectivity index (χ2n) is 8.25. The molecule has 0 spiro atoms. The number of carbonyl (C=O) groups is 1. The van der Waals surface area contributed by atoms with Gasteiger partial charge >= 0.3 is 0 Å². The number of carbonyl (C=O) groups excluding carboxylic acids is 1. The summed E-state index contributed by atoms with van der Waals surface area (Å²) < 4.78 is 33.0. The van der Waals surface area contributed by atoms with Crippen LogP contribution in [-0.2, 0) is 16.4 Å². The Bertz CT molecular complexity index is 1010. The first-order chi connectivity index (χ1) is 15.5. The number of nitrogens with zero attached hydrogens (tertiary/aromatic N) is 2. The molecule has 6 nitrogen and oxygen atoms in total. The molecule has 0 aliphatic carbocycles. The van der Waals surface area contributed by atoms with Crippen LogP contribution in [0.4, 0.5) is 0 Å². The number of ether oxygens (including phenoxy) is 1. The summed E-state index contributed by atoms with van der Waals surface area (Å²) in [6.45, 7) is 2.39. The molecule has 2 aliphatic rings. The summed E-state index contributed by atoms with van der Waals surface area (Å²) in [5.41, 5.74) is 1.30. The second-order valence-corrected chi connectivity index (χ2v) is 12.3. The molecule has 0 bridgehead atoms. The summed E-state index contributed by atoms with van der Waals surface area (Å²) in [5.74, 6) is 2.92. The molecule has 2 fully saturated rings. The lowest BCUT2D eigenvalue weighted by atomic mass is 9.90. The van der Waals surface area contributed by atoms with E-state index in [2.05, 4.69) is 12.1 Å². The van der Waals surface area contributed by atoms with E-state index in [9.17, 15) is 13.2 Å². The van der Waals surface area contributed by atoms with Crippen molar-refractivity contribution < 1.29 is 17.9 Å². The van der Waals surface area contributed by atoms with Crippen LogP contribution in [0.15, 0.2) is 40.6 Å². The van der Waals surface area contributed by atoms with Gasteiger partial charge in [0.1, 0.15) is 15.5 Å². The Morgan fingerprint density at radius 1 is 1.06 bits per heavy atom. The molecular weight excluding hydrogens is 464 g/mol. The minimum Gasteiger partial charge on any atom is -0.497 e. The zero-order chi connectivity index (χ0) is 22.6.